The summed E-state index contributed by atoms with van der Waals surface area (Å²) in [4.78, 5) is 14.6. The molecular weight excluding hydrogens is 280 g/mol. The van der Waals surface area contributed by atoms with Crippen LogP contribution in [0.2, 0.25) is 0 Å². The molecule has 0 aliphatic heterocycles. The molecule has 1 aromatic heterocycles. The Morgan fingerprint density at radius 1 is 1.50 bits per heavy atom. The molecule has 0 fully saturated rings. The van der Waals surface area contributed by atoms with Gasteiger partial charge in [0.1, 0.15) is 10.6 Å². The monoisotopic (exact) mass is 300 g/mol. The standard InChI is InChI=1S/C13H20N2O4S/c1-6-8(3)15-20(17,18)12-9(4)11(14-10(12)5)13(16)19-7-2/h6,8,14-15H,1,7H2,2-5H3. The van der Waals surface area contributed by atoms with Gasteiger partial charge in [-0.15, -0.1) is 6.58 Å². The Balaban J connectivity index is 3.27. The Kier molecular flexibility index (Phi) is 5.13. The molecule has 0 saturated carbocycles. The highest BCUT2D eigenvalue weighted by molar-refractivity contribution is 7.89. The van der Waals surface area contributed by atoms with Gasteiger partial charge in [-0.2, -0.15) is 0 Å². The van der Waals surface area contributed by atoms with E-state index < -0.39 is 22.0 Å². The molecule has 0 saturated heterocycles. The van der Waals surface area contributed by atoms with Crippen molar-refractivity contribution in [3.05, 3.63) is 29.6 Å². The second-order valence-electron chi connectivity index (χ2n) is 4.45. The van der Waals surface area contributed by atoms with Crippen molar-refractivity contribution in [1.29, 1.82) is 0 Å². The first kappa shape index (κ1) is 16.5. The van der Waals surface area contributed by atoms with Gasteiger partial charge in [0.05, 0.1) is 6.61 Å². The number of sulfonamides is 1. The maximum atomic E-state index is 12.3. The fourth-order valence-corrected chi connectivity index (χ4v) is 3.56. The molecule has 0 aliphatic rings. The van der Waals surface area contributed by atoms with Crippen LogP contribution in [0.3, 0.4) is 0 Å². The number of carbonyl (C=O) groups excluding carboxylic acids is 1. The third-order valence-electron chi connectivity index (χ3n) is 2.81. The Hall–Kier alpha value is -1.60. The van der Waals surface area contributed by atoms with Gasteiger partial charge >= 0.3 is 5.97 Å². The van der Waals surface area contributed by atoms with E-state index in [9.17, 15) is 13.2 Å². The molecule has 0 spiro atoms. The largest absolute Gasteiger partial charge is 0.461 e. The minimum atomic E-state index is -3.72. The van der Waals surface area contributed by atoms with Crippen LogP contribution in [-0.2, 0) is 14.8 Å². The summed E-state index contributed by atoms with van der Waals surface area (Å²) in [6.07, 6.45) is 1.49. The van der Waals surface area contributed by atoms with Crippen molar-refractivity contribution >= 4 is 16.0 Å². The highest BCUT2D eigenvalue weighted by Gasteiger charge is 2.27. The van der Waals surface area contributed by atoms with E-state index in [0.717, 1.165) is 0 Å². The van der Waals surface area contributed by atoms with Crippen LogP contribution in [0.4, 0.5) is 0 Å². The second-order valence-corrected chi connectivity index (χ2v) is 6.10. The number of aryl methyl sites for hydroxylation is 1. The fourth-order valence-electron chi connectivity index (χ4n) is 1.90. The van der Waals surface area contributed by atoms with Crippen LogP contribution in [0.1, 0.15) is 35.6 Å². The molecule has 20 heavy (non-hydrogen) atoms. The number of H-pyrrole nitrogens is 1. The Morgan fingerprint density at radius 2 is 2.10 bits per heavy atom. The zero-order chi connectivity index (χ0) is 15.5. The molecule has 0 aliphatic carbocycles. The molecule has 0 radical (unpaired) electrons. The molecule has 7 heteroatoms. The smallest absolute Gasteiger partial charge is 0.355 e. The first-order valence-electron chi connectivity index (χ1n) is 6.25. The van der Waals surface area contributed by atoms with Gasteiger partial charge in [-0.05, 0) is 27.7 Å². The van der Waals surface area contributed by atoms with Crippen LogP contribution in [0, 0.1) is 13.8 Å². The van der Waals surface area contributed by atoms with Gasteiger partial charge in [0.15, 0.2) is 0 Å². The molecule has 0 amide bonds. The quantitative estimate of drug-likeness (QED) is 0.618. The van der Waals surface area contributed by atoms with Crippen molar-refractivity contribution in [2.75, 3.05) is 6.61 Å². The summed E-state index contributed by atoms with van der Waals surface area (Å²) in [5, 5.41) is 0. The summed E-state index contributed by atoms with van der Waals surface area (Å²) in [7, 11) is -3.72. The minimum absolute atomic E-state index is 0.0780. The Bertz CT molecular complexity index is 617. The highest BCUT2D eigenvalue weighted by Crippen LogP contribution is 2.23. The average molecular weight is 300 g/mol. The van der Waals surface area contributed by atoms with Crippen molar-refractivity contribution < 1.29 is 17.9 Å². The van der Waals surface area contributed by atoms with Crippen molar-refractivity contribution in [2.45, 2.75) is 38.6 Å². The van der Waals surface area contributed by atoms with Gasteiger partial charge in [-0.25, -0.2) is 17.9 Å². The van der Waals surface area contributed by atoms with Crippen molar-refractivity contribution in [3.8, 4) is 0 Å². The zero-order valence-electron chi connectivity index (χ0n) is 12.1. The van der Waals surface area contributed by atoms with Gasteiger partial charge < -0.3 is 9.72 Å². The predicted molar refractivity (Wildman–Crippen MR) is 76.2 cm³/mol. The lowest BCUT2D eigenvalue weighted by molar-refractivity contribution is 0.0519. The molecule has 6 nitrogen and oxygen atoms in total. The zero-order valence-corrected chi connectivity index (χ0v) is 12.9. The SMILES string of the molecule is C=CC(C)NS(=O)(=O)c1c(C)[nH]c(C(=O)OCC)c1C. The van der Waals surface area contributed by atoms with Gasteiger partial charge in [-0.1, -0.05) is 6.08 Å². The summed E-state index contributed by atoms with van der Waals surface area (Å²) >= 11 is 0. The summed E-state index contributed by atoms with van der Waals surface area (Å²) < 4.78 is 32.0. The number of hydrogen-bond acceptors (Lipinski definition) is 4. The van der Waals surface area contributed by atoms with Crippen LogP contribution >= 0.6 is 0 Å². The van der Waals surface area contributed by atoms with E-state index >= 15 is 0 Å². The van der Waals surface area contributed by atoms with Crippen LogP contribution in [0.5, 0.6) is 0 Å². The molecule has 1 aromatic rings. The molecule has 1 atom stereocenters. The van der Waals surface area contributed by atoms with Gasteiger partial charge in [0.2, 0.25) is 10.0 Å². The number of hydrogen-bond donors (Lipinski definition) is 2. The van der Waals surface area contributed by atoms with Gasteiger partial charge in [0.25, 0.3) is 0 Å². The molecule has 112 valence electrons. The lowest BCUT2D eigenvalue weighted by atomic mass is 10.2. The van der Waals surface area contributed by atoms with E-state index in [1.807, 2.05) is 0 Å². The molecule has 0 bridgehead atoms. The molecule has 1 heterocycles. The van der Waals surface area contributed by atoms with Crippen LogP contribution in [0.15, 0.2) is 17.6 Å². The van der Waals surface area contributed by atoms with Crippen LogP contribution < -0.4 is 4.72 Å². The third kappa shape index (κ3) is 3.29. The lowest BCUT2D eigenvalue weighted by Gasteiger charge is -2.10. The van der Waals surface area contributed by atoms with E-state index in [4.69, 9.17) is 4.74 Å². The van der Waals surface area contributed by atoms with Crippen LogP contribution in [-0.4, -0.2) is 32.0 Å². The van der Waals surface area contributed by atoms with E-state index in [1.165, 1.54) is 6.08 Å². The van der Waals surface area contributed by atoms with E-state index in [-0.39, 0.29) is 17.2 Å². The maximum Gasteiger partial charge on any atom is 0.355 e. The van der Waals surface area contributed by atoms with Crippen molar-refractivity contribution in [3.63, 3.8) is 0 Å². The van der Waals surface area contributed by atoms with Crippen molar-refractivity contribution in [1.82, 2.24) is 9.71 Å². The molecule has 1 rings (SSSR count). The summed E-state index contributed by atoms with van der Waals surface area (Å²) in [5.41, 5.74) is 0.912. The third-order valence-corrected chi connectivity index (χ3v) is 4.64. The lowest BCUT2D eigenvalue weighted by Crippen LogP contribution is -2.31. The molecule has 0 aromatic carbocycles. The minimum Gasteiger partial charge on any atom is -0.461 e. The number of nitrogens with one attached hydrogen (secondary N) is 2. The summed E-state index contributed by atoms with van der Waals surface area (Å²) in [6, 6.07) is -0.403. The number of carbonyl (C=O) groups is 1. The first-order chi connectivity index (χ1) is 9.24. The molecule has 2 N–H and O–H groups in total. The number of ether oxygens (including phenoxy) is 1. The molecule has 1 unspecified atom stereocenters. The van der Waals surface area contributed by atoms with Gasteiger partial charge in [0, 0.05) is 17.3 Å². The van der Waals surface area contributed by atoms with Crippen LogP contribution in [0.25, 0.3) is 0 Å². The average Bonchev–Trinajstić information content (AvgIpc) is 2.65. The predicted octanol–water partition coefficient (Wildman–Crippen LogP) is 1.66. The van der Waals surface area contributed by atoms with Gasteiger partial charge in [-0.3, -0.25) is 0 Å². The number of esters is 1. The number of rotatable bonds is 6. The molecular formula is C13H20N2O4S. The Labute approximate surface area is 119 Å². The van der Waals surface area contributed by atoms with E-state index in [1.54, 1.807) is 27.7 Å². The number of aromatic nitrogens is 1. The second kappa shape index (κ2) is 6.23. The Morgan fingerprint density at radius 3 is 2.60 bits per heavy atom. The summed E-state index contributed by atoms with van der Waals surface area (Å²) in [5.74, 6) is -0.564. The first-order valence-corrected chi connectivity index (χ1v) is 7.74. The normalized spacial score (nSPS) is 13.0. The van der Waals surface area contributed by atoms with E-state index in [2.05, 4.69) is 16.3 Å². The van der Waals surface area contributed by atoms with E-state index in [0.29, 0.717) is 11.3 Å². The number of aromatic amines is 1. The fraction of sp³-hybridized carbons (Fsp3) is 0.462. The maximum absolute atomic E-state index is 12.3. The summed E-state index contributed by atoms with van der Waals surface area (Å²) in [6.45, 7) is 10.3. The van der Waals surface area contributed by atoms with Crippen molar-refractivity contribution in [2.24, 2.45) is 0 Å². The highest BCUT2D eigenvalue weighted by atomic mass is 32.2. The topological polar surface area (TPSA) is 88.3 Å².